The lowest BCUT2D eigenvalue weighted by Crippen LogP contribution is -2.68. The van der Waals surface area contributed by atoms with Crippen LogP contribution in [0.2, 0.25) is 18.1 Å². The number of aliphatic hydroxyl groups excluding tert-OH is 1. The summed E-state index contributed by atoms with van der Waals surface area (Å²) in [6.45, 7) is 12.8. The molecule has 0 unspecified atom stereocenters. The smallest absolute Gasteiger partial charge is 0.265 e. The number of rotatable bonds is 7. The van der Waals surface area contributed by atoms with Gasteiger partial charge in [0.1, 0.15) is 11.3 Å². The van der Waals surface area contributed by atoms with Crippen molar-refractivity contribution >= 4 is 25.6 Å². The molecular formula is C30H41N3O6Si. The first-order chi connectivity index (χ1) is 18.8. The Balaban J connectivity index is 1.76. The molecule has 216 valence electrons. The van der Waals surface area contributed by atoms with E-state index in [2.05, 4.69) is 37.8 Å². The Kier molecular flexibility index (Phi) is 7.12. The number of ether oxygens (including phenoxy) is 1. The van der Waals surface area contributed by atoms with Gasteiger partial charge in [0.25, 0.3) is 5.88 Å². The van der Waals surface area contributed by atoms with E-state index in [0.29, 0.717) is 30.8 Å². The van der Waals surface area contributed by atoms with Gasteiger partial charge in [-0.2, -0.15) is 0 Å². The third kappa shape index (κ3) is 4.18. The van der Waals surface area contributed by atoms with E-state index in [-0.39, 0.29) is 33.7 Å². The minimum Gasteiger partial charge on any atom is -0.507 e. The van der Waals surface area contributed by atoms with Gasteiger partial charge in [-0.15, -0.1) is 0 Å². The van der Waals surface area contributed by atoms with E-state index >= 15 is 0 Å². The van der Waals surface area contributed by atoms with Crippen LogP contribution in [0.1, 0.15) is 80.4 Å². The summed E-state index contributed by atoms with van der Waals surface area (Å²) >= 11 is 0. The molecule has 0 bridgehead atoms. The summed E-state index contributed by atoms with van der Waals surface area (Å²) in [7, 11) is 1.09. The zero-order valence-corrected chi connectivity index (χ0v) is 25.8. The molecule has 40 heavy (non-hydrogen) atoms. The standard InChI is InChI=1S/C30H41N3O6Si/c1-9-10-14-37-28-22-25(38-32-28)23(33(5)6)19-15-17-16-20-18(12-11-13-31-20)24(34)21(17)26(35)30(19,27(22)36)39-40(7,8)29(2,3)4/h11-13,17,19,23,34H,9-10,14-16H2,1-8H3/t17-,19+,23+,30+/m1/s1. The highest BCUT2D eigenvalue weighted by molar-refractivity contribution is 6.74. The Morgan fingerprint density at radius 1 is 1.23 bits per heavy atom. The Morgan fingerprint density at radius 3 is 2.60 bits per heavy atom. The number of hydrogen-bond donors (Lipinski definition) is 1. The summed E-state index contributed by atoms with van der Waals surface area (Å²) in [4.78, 5) is 36.3. The highest BCUT2D eigenvalue weighted by Gasteiger charge is 2.68. The molecule has 9 nitrogen and oxygen atoms in total. The molecule has 1 fully saturated rings. The van der Waals surface area contributed by atoms with Crippen molar-refractivity contribution in [3.05, 3.63) is 46.5 Å². The number of Topliss-reactive ketones (excluding diaryl/α,β-unsaturated/α-hetero) is 2. The van der Waals surface area contributed by atoms with Crippen molar-refractivity contribution in [1.82, 2.24) is 15.0 Å². The number of fused-ring (bicyclic) bond motifs is 4. The van der Waals surface area contributed by atoms with Crippen molar-refractivity contribution in [2.24, 2.45) is 11.8 Å². The molecule has 1 N–H and O–H groups in total. The SMILES string of the molecule is CCCCOc1noc2c1C(=O)[C@@]1(O[Si](C)(C)C(C)(C)C)C(=O)C3=C(O)c4cccnc4C[C@H]3C[C@H]1[C@@H]2N(C)C. The predicted molar refractivity (Wildman–Crippen MR) is 153 cm³/mol. The van der Waals surface area contributed by atoms with Crippen LogP contribution in [0.25, 0.3) is 5.76 Å². The predicted octanol–water partition coefficient (Wildman–Crippen LogP) is 5.54. The van der Waals surface area contributed by atoms with E-state index < -0.39 is 37.4 Å². The van der Waals surface area contributed by atoms with Crippen molar-refractivity contribution in [3.63, 3.8) is 0 Å². The monoisotopic (exact) mass is 567 g/mol. The van der Waals surface area contributed by atoms with Gasteiger partial charge >= 0.3 is 0 Å². The Labute approximate surface area is 237 Å². The van der Waals surface area contributed by atoms with Crippen LogP contribution >= 0.6 is 0 Å². The lowest BCUT2D eigenvalue weighted by molar-refractivity contribution is -0.140. The van der Waals surface area contributed by atoms with E-state index in [9.17, 15) is 14.7 Å². The quantitative estimate of drug-likeness (QED) is 0.262. The second kappa shape index (κ2) is 9.92. The van der Waals surface area contributed by atoms with Gasteiger partial charge in [-0.25, -0.2) is 0 Å². The number of ketones is 2. The molecule has 1 saturated carbocycles. The van der Waals surface area contributed by atoms with Gasteiger partial charge in [-0.1, -0.05) is 34.1 Å². The normalized spacial score (nSPS) is 26.4. The molecule has 0 aliphatic heterocycles. The van der Waals surface area contributed by atoms with Crippen LogP contribution in [0.3, 0.4) is 0 Å². The van der Waals surface area contributed by atoms with Gasteiger partial charge in [0, 0.05) is 23.3 Å². The van der Waals surface area contributed by atoms with Crippen LogP contribution < -0.4 is 4.74 Å². The van der Waals surface area contributed by atoms with Crippen molar-refractivity contribution in [2.75, 3.05) is 20.7 Å². The van der Waals surface area contributed by atoms with Crippen molar-refractivity contribution < 1.29 is 28.4 Å². The minimum absolute atomic E-state index is 0.100. The Bertz CT molecular complexity index is 1370. The molecule has 4 atom stereocenters. The number of carbonyl (C=O) groups is 2. The highest BCUT2D eigenvalue weighted by atomic mass is 28.4. The summed E-state index contributed by atoms with van der Waals surface area (Å²) < 4.78 is 18.8. The first-order valence-electron chi connectivity index (χ1n) is 14.2. The zero-order chi connectivity index (χ0) is 29.2. The summed E-state index contributed by atoms with van der Waals surface area (Å²) in [6, 6.07) is 3.04. The molecule has 0 amide bonds. The topological polar surface area (TPSA) is 115 Å². The third-order valence-corrected chi connectivity index (χ3v) is 13.8. The number of carbonyl (C=O) groups excluding carboxylic acids is 2. The molecule has 3 aliphatic rings. The molecule has 10 heteroatoms. The summed E-state index contributed by atoms with van der Waals surface area (Å²) in [5, 5.41) is 15.4. The fourth-order valence-electron chi connectivity index (χ4n) is 6.24. The maximum Gasteiger partial charge on any atom is 0.265 e. The van der Waals surface area contributed by atoms with E-state index in [1.165, 1.54) is 0 Å². The van der Waals surface area contributed by atoms with Crippen molar-refractivity contribution in [3.8, 4) is 5.88 Å². The Morgan fingerprint density at radius 2 is 1.95 bits per heavy atom. The zero-order valence-electron chi connectivity index (χ0n) is 24.8. The number of hydrogen-bond acceptors (Lipinski definition) is 9. The molecular weight excluding hydrogens is 526 g/mol. The summed E-state index contributed by atoms with van der Waals surface area (Å²) in [5.41, 5.74) is -0.137. The van der Waals surface area contributed by atoms with Gasteiger partial charge in [-0.3, -0.25) is 19.5 Å². The lowest BCUT2D eigenvalue weighted by atomic mass is 9.57. The molecule has 3 aliphatic carbocycles. The first kappa shape index (κ1) is 28.7. The molecule has 0 radical (unpaired) electrons. The van der Waals surface area contributed by atoms with E-state index in [0.717, 1.165) is 18.5 Å². The number of aromatic nitrogens is 2. The fourth-order valence-corrected chi connectivity index (χ4v) is 7.69. The van der Waals surface area contributed by atoms with E-state index in [1.807, 2.05) is 32.1 Å². The van der Waals surface area contributed by atoms with Gasteiger partial charge in [-0.05, 0) is 74.7 Å². The lowest BCUT2D eigenvalue weighted by Gasteiger charge is -2.55. The fraction of sp³-hybridized carbons (Fsp3) is 0.600. The van der Waals surface area contributed by atoms with Crippen molar-refractivity contribution in [2.45, 2.75) is 83.2 Å². The maximum atomic E-state index is 15.0. The first-order valence-corrected chi connectivity index (χ1v) is 17.1. The molecule has 2 aromatic rings. The van der Waals surface area contributed by atoms with Crippen molar-refractivity contribution in [1.29, 1.82) is 0 Å². The summed E-state index contributed by atoms with van der Waals surface area (Å²) in [5.74, 6) is -1.42. The van der Waals surface area contributed by atoms with Crippen LogP contribution in [-0.4, -0.2) is 66.3 Å². The average Bonchev–Trinajstić information content (AvgIpc) is 3.28. The second-order valence-corrected chi connectivity index (χ2v) is 17.8. The molecule has 5 rings (SSSR count). The van der Waals surface area contributed by atoms with Gasteiger partial charge < -0.3 is 18.8 Å². The van der Waals surface area contributed by atoms with Gasteiger partial charge in [0.15, 0.2) is 19.7 Å². The molecule has 0 aromatic carbocycles. The Hall–Kier alpha value is -2.82. The number of pyridine rings is 1. The van der Waals surface area contributed by atoms with Gasteiger partial charge in [0.2, 0.25) is 11.6 Å². The summed E-state index contributed by atoms with van der Waals surface area (Å²) in [6.07, 6.45) is 4.34. The molecule has 0 saturated heterocycles. The number of nitrogens with zero attached hydrogens (tertiary/aromatic N) is 3. The van der Waals surface area contributed by atoms with E-state index in [1.54, 1.807) is 18.3 Å². The average molecular weight is 568 g/mol. The third-order valence-electron chi connectivity index (χ3n) is 9.31. The number of aliphatic hydroxyl groups is 1. The molecule has 2 aromatic heterocycles. The highest BCUT2D eigenvalue weighted by Crippen LogP contribution is 2.58. The van der Waals surface area contributed by atoms with E-state index in [4.69, 9.17) is 13.7 Å². The molecule has 2 heterocycles. The number of unbranched alkanes of at least 4 members (excludes halogenated alkanes) is 1. The maximum absolute atomic E-state index is 15.0. The van der Waals surface area contributed by atoms with Crippen LogP contribution in [0, 0.1) is 11.8 Å². The van der Waals surface area contributed by atoms with Gasteiger partial charge in [0.05, 0.1) is 18.3 Å². The van der Waals surface area contributed by atoms with Crippen LogP contribution in [0.15, 0.2) is 28.4 Å². The van der Waals surface area contributed by atoms with Crippen LogP contribution in [-0.2, 0) is 15.6 Å². The minimum atomic E-state index is -2.73. The second-order valence-electron chi connectivity index (χ2n) is 13.1. The largest absolute Gasteiger partial charge is 0.507 e. The van der Waals surface area contributed by atoms with Crippen LogP contribution in [0.4, 0.5) is 0 Å². The molecule has 0 spiro atoms. The van der Waals surface area contributed by atoms with Crippen LogP contribution in [0.5, 0.6) is 5.88 Å².